The Balaban J connectivity index is 2.02. The lowest BCUT2D eigenvalue weighted by Gasteiger charge is -2.25. The third kappa shape index (κ3) is 3.01. The summed E-state index contributed by atoms with van der Waals surface area (Å²) in [5.74, 6) is 0. The molecule has 0 aliphatic carbocycles. The molecule has 0 spiro atoms. The van der Waals surface area contributed by atoms with Crippen molar-refractivity contribution in [2.75, 3.05) is 6.54 Å². The molecule has 1 saturated heterocycles. The number of rotatable bonds is 3. The van der Waals surface area contributed by atoms with Gasteiger partial charge in [0.25, 0.3) is 0 Å². The minimum absolute atomic E-state index is 0.0587. The minimum atomic E-state index is -3.48. The van der Waals surface area contributed by atoms with Crippen LogP contribution < -0.4 is 0 Å². The summed E-state index contributed by atoms with van der Waals surface area (Å²) in [7, 11) is -3.48. The van der Waals surface area contributed by atoms with Crippen molar-refractivity contribution in [1.82, 2.24) is 4.31 Å². The second-order valence-electron chi connectivity index (χ2n) is 6.89. The van der Waals surface area contributed by atoms with Gasteiger partial charge in [0.2, 0.25) is 10.0 Å². The zero-order valence-corrected chi connectivity index (χ0v) is 15.7. The maximum absolute atomic E-state index is 13.3. The molecule has 1 fully saturated rings. The third-order valence-electron chi connectivity index (χ3n) is 5.04. The fourth-order valence-electron chi connectivity index (χ4n) is 3.49. The Hall–Kier alpha value is -1.65. The van der Waals surface area contributed by atoms with E-state index in [2.05, 4.69) is 24.3 Å². The summed E-state index contributed by atoms with van der Waals surface area (Å²) in [4.78, 5) is 0.449. The molecule has 4 heteroatoms. The van der Waals surface area contributed by atoms with Crippen molar-refractivity contribution in [1.29, 1.82) is 0 Å². The van der Waals surface area contributed by atoms with Gasteiger partial charge in [-0.2, -0.15) is 4.31 Å². The topological polar surface area (TPSA) is 37.4 Å². The van der Waals surface area contributed by atoms with Crippen molar-refractivity contribution in [2.24, 2.45) is 0 Å². The predicted molar refractivity (Wildman–Crippen MR) is 97.7 cm³/mol. The molecule has 1 aliphatic heterocycles. The standard InChI is InChI=1S/C20H25NO2S/c1-14-7-9-18(10-8-14)19-6-5-11-21(19)24(22,23)20-13-16(3)15(2)12-17(20)4/h7-10,12-13,19H,5-6,11H2,1-4H3. The molecule has 128 valence electrons. The van der Waals surface area contributed by atoms with E-state index >= 15 is 0 Å². The molecular weight excluding hydrogens is 318 g/mol. The molecule has 3 rings (SSSR count). The molecule has 24 heavy (non-hydrogen) atoms. The molecular formula is C20H25NO2S. The van der Waals surface area contributed by atoms with Crippen LogP contribution in [0.15, 0.2) is 41.3 Å². The molecule has 0 N–H and O–H groups in total. The molecule has 0 amide bonds. The molecule has 0 saturated carbocycles. The van der Waals surface area contributed by atoms with Gasteiger partial charge >= 0.3 is 0 Å². The molecule has 2 aromatic carbocycles. The van der Waals surface area contributed by atoms with Crippen LogP contribution in [0.1, 0.15) is 46.7 Å². The van der Waals surface area contributed by atoms with Gasteiger partial charge in [-0.25, -0.2) is 8.42 Å². The van der Waals surface area contributed by atoms with Gasteiger partial charge in [0.05, 0.1) is 10.9 Å². The summed E-state index contributed by atoms with van der Waals surface area (Å²) < 4.78 is 28.3. The van der Waals surface area contributed by atoms with E-state index < -0.39 is 10.0 Å². The van der Waals surface area contributed by atoms with Crippen LogP contribution >= 0.6 is 0 Å². The van der Waals surface area contributed by atoms with Crippen LogP contribution in [-0.4, -0.2) is 19.3 Å². The van der Waals surface area contributed by atoms with Crippen molar-refractivity contribution in [2.45, 2.75) is 51.5 Å². The normalized spacial score (nSPS) is 18.9. The molecule has 1 heterocycles. The van der Waals surface area contributed by atoms with Crippen LogP contribution in [0.5, 0.6) is 0 Å². The SMILES string of the molecule is Cc1ccc(C2CCCN2S(=O)(=O)c2cc(C)c(C)cc2C)cc1. The predicted octanol–water partition coefficient (Wildman–Crippen LogP) is 4.45. The number of nitrogens with zero attached hydrogens (tertiary/aromatic N) is 1. The average molecular weight is 343 g/mol. The van der Waals surface area contributed by atoms with E-state index in [0.29, 0.717) is 11.4 Å². The van der Waals surface area contributed by atoms with Gasteiger partial charge in [0.1, 0.15) is 0 Å². The number of sulfonamides is 1. The second-order valence-corrected chi connectivity index (χ2v) is 8.75. The van der Waals surface area contributed by atoms with E-state index in [1.165, 1.54) is 5.56 Å². The Bertz CT molecular complexity index is 854. The van der Waals surface area contributed by atoms with Gasteiger partial charge in [-0.05, 0) is 68.9 Å². The van der Waals surface area contributed by atoms with Crippen LogP contribution in [0.4, 0.5) is 0 Å². The third-order valence-corrected chi connectivity index (χ3v) is 7.09. The Labute approximate surface area is 145 Å². The van der Waals surface area contributed by atoms with Gasteiger partial charge < -0.3 is 0 Å². The fraction of sp³-hybridized carbons (Fsp3) is 0.400. The van der Waals surface area contributed by atoms with Gasteiger partial charge in [0.15, 0.2) is 0 Å². The Morgan fingerprint density at radius 2 is 1.54 bits per heavy atom. The molecule has 3 nitrogen and oxygen atoms in total. The smallest absolute Gasteiger partial charge is 0.207 e. The quantitative estimate of drug-likeness (QED) is 0.826. The Morgan fingerprint density at radius 1 is 0.917 bits per heavy atom. The summed E-state index contributed by atoms with van der Waals surface area (Å²) in [6, 6.07) is 12.0. The highest BCUT2D eigenvalue weighted by Crippen LogP contribution is 2.37. The molecule has 0 radical (unpaired) electrons. The maximum atomic E-state index is 13.3. The Morgan fingerprint density at radius 3 is 2.21 bits per heavy atom. The van der Waals surface area contributed by atoms with Crippen LogP contribution in [0.3, 0.4) is 0 Å². The largest absolute Gasteiger partial charge is 0.243 e. The summed E-state index contributed by atoms with van der Waals surface area (Å²) in [6.07, 6.45) is 1.79. The van der Waals surface area contributed by atoms with Gasteiger partial charge in [0, 0.05) is 6.54 Å². The summed E-state index contributed by atoms with van der Waals surface area (Å²) in [5.41, 5.74) is 5.25. The summed E-state index contributed by atoms with van der Waals surface area (Å²) in [5, 5.41) is 0. The van der Waals surface area contributed by atoms with Crippen molar-refractivity contribution < 1.29 is 8.42 Å². The van der Waals surface area contributed by atoms with Crippen LogP contribution in [-0.2, 0) is 10.0 Å². The van der Waals surface area contributed by atoms with E-state index in [4.69, 9.17) is 0 Å². The van der Waals surface area contributed by atoms with Crippen LogP contribution in [0.2, 0.25) is 0 Å². The number of aryl methyl sites for hydroxylation is 4. The van der Waals surface area contributed by atoms with Gasteiger partial charge in [-0.1, -0.05) is 35.9 Å². The first-order chi connectivity index (χ1) is 11.3. The Kier molecular flexibility index (Phi) is 4.54. The lowest BCUT2D eigenvalue weighted by molar-refractivity contribution is 0.396. The highest BCUT2D eigenvalue weighted by atomic mass is 32.2. The van der Waals surface area contributed by atoms with Gasteiger partial charge in [-0.3, -0.25) is 0 Å². The van der Waals surface area contributed by atoms with E-state index in [1.807, 2.05) is 39.8 Å². The lowest BCUT2D eigenvalue weighted by Crippen LogP contribution is -2.31. The number of hydrogen-bond acceptors (Lipinski definition) is 2. The number of benzene rings is 2. The van der Waals surface area contributed by atoms with Gasteiger partial charge in [-0.15, -0.1) is 0 Å². The van der Waals surface area contributed by atoms with Crippen LogP contribution in [0.25, 0.3) is 0 Å². The lowest BCUT2D eigenvalue weighted by atomic mass is 10.0. The molecule has 0 bridgehead atoms. The number of hydrogen-bond donors (Lipinski definition) is 0. The first-order valence-corrected chi connectivity index (χ1v) is 9.91. The molecule has 2 aromatic rings. The zero-order chi connectivity index (χ0) is 17.5. The second kappa shape index (κ2) is 6.34. The molecule has 1 unspecified atom stereocenters. The molecule has 0 aromatic heterocycles. The van der Waals surface area contributed by atoms with E-state index in [-0.39, 0.29) is 6.04 Å². The molecule has 1 atom stereocenters. The van der Waals surface area contributed by atoms with Crippen LogP contribution in [0, 0.1) is 27.7 Å². The summed E-state index contributed by atoms with van der Waals surface area (Å²) >= 11 is 0. The highest BCUT2D eigenvalue weighted by molar-refractivity contribution is 7.89. The van der Waals surface area contributed by atoms with Crippen molar-refractivity contribution >= 4 is 10.0 Å². The summed E-state index contributed by atoms with van der Waals surface area (Å²) in [6.45, 7) is 8.51. The first-order valence-electron chi connectivity index (χ1n) is 8.47. The van der Waals surface area contributed by atoms with E-state index in [0.717, 1.165) is 35.1 Å². The monoisotopic (exact) mass is 343 g/mol. The van der Waals surface area contributed by atoms with E-state index in [1.54, 1.807) is 4.31 Å². The van der Waals surface area contributed by atoms with Crippen molar-refractivity contribution in [3.05, 3.63) is 64.2 Å². The van der Waals surface area contributed by atoms with Crippen molar-refractivity contribution in [3.8, 4) is 0 Å². The first kappa shape index (κ1) is 17.2. The highest BCUT2D eigenvalue weighted by Gasteiger charge is 2.36. The zero-order valence-electron chi connectivity index (χ0n) is 14.8. The van der Waals surface area contributed by atoms with E-state index in [9.17, 15) is 8.42 Å². The average Bonchev–Trinajstić information content (AvgIpc) is 3.02. The van der Waals surface area contributed by atoms with Crippen molar-refractivity contribution in [3.63, 3.8) is 0 Å². The fourth-order valence-corrected chi connectivity index (χ4v) is 5.46. The maximum Gasteiger partial charge on any atom is 0.243 e. The molecule has 1 aliphatic rings. The minimum Gasteiger partial charge on any atom is -0.207 e.